The quantitative estimate of drug-likeness (QED) is 0.167. The number of hydrogen-bond donors (Lipinski definition) is 0. The van der Waals surface area contributed by atoms with Gasteiger partial charge in [0.2, 0.25) is 0 Å². The van der Waals surface area contributed by atoms with Crippen LogP contribution in [0.15, 0.2) is 217 Å². The molecule has 10 aromatic carbocycles. The molecule has 0 bridgehead atoms. The van der Waals surface area contributed by atoms with Gasteiger partial charge in [-0.05, 0) is 150 Å². The highest BCUT2D eigenvalue weighted by atomic mass is 16.3. The van der Waals surface area contributed by atoms with Gasteiger partial charge in [0, 0.05) is 33.2 Å². The summed E-state index contributed by atoms with van der Waals surface area (Å²) in [7, 11) is 0. The first-order valence-corrected chi connectivity index (χ1v) is 21.1. The maximum Gasteiger partial charge on any atom is 0.135 e. The van der Waals surface area contributed by atoms with E-state index in [2.05, 4.69) is 219 Å². The monoisotopic (exact) mass is 779 g/mol. The van der Waals surface area contributed by atoms with Crippen molar-refractivity contribution in [1.29, 1.82) is 0 Å². The number of rotatable bonds is 6. The fraction of sp³-hybridized carbons (Fsp3) is 0.0508. The highest BCUT2D eigenvalue weighted by Gasteiger charge is 2.36. The Labute approximate surface area is 355 Å². The van der Waals surface area contributed by atoms with Crippen LogP contribution in [0.2, 0.25) is 0 Å². The molecule has 11 aromatic rings. The van der Waals surface area contributed by atoms with Crippen LogP contribution in [0.25, 0.3) is 88.0 Å². The molecule has 1 aliphatic rings. The molecule has 1 aromatic heterocycles. The minimum absolute atomic E-state index is 0.196. The Morgan fingerprint density at radius 3 is 1.43 bits per heavy atom. The Morgan fingerprint density at radius 2 is 0.770 bits per heavy atom. The Hall–Kier alpha value is -7.68. The molecule has 0 unspecified atom stereocenters. The summed E-state index contributed by atoms with van der Waals surface area (Å²) in [5.74, 6) is 0. The smallest absolute Gasteiger partial charge is 0.135 e. The summed E-state index contributed by atoms with van der Waals surface area (Å²) in [5, 5.41) is 7.30. The Balaban J connectivity index is 0.939. The highest BCUT2D eigenvalue weighted by Crippen LogP contribution is 2.52. The zero-order chi connectivity index (χ0) is 40.7. The van der Waals surface area contributed by atoms with Gasteiger partial charge in [0.25, 0.3) is 0 Å². The Bertz CT molecular complexity index is 3500. The van der Waals surface area contributed by atoms with E-state index in [1.807, 2.05) is 12.1 Å². The zero-order valence-electron chi connectivity index (χ0n) is 34.1. The molecule has 0 aliphatic heterocycles. The predicted molar refractivity (Wildman–Crippen MR) is 257 cm³/mol. The third kappa shape index (κ3) is 5.86. The SMILES string of the molecule is CC1(C)c2cc(-c3ccc4ccccc4c3)ccc2-c2ccc(N(c3ccc(-c4ccc5ccccc5c4)cc3)c3ccc(-c4ccc5oc6ccccc6c5c4)cc3)cc21. The predicted octanol–water partition coefficient (Wildman–Crippen LogP) is 16.7. The molecule has 0 N–H and O–H groups in total. The van der Waals surface area contributed by atoms with Gasteiger partial charge in [-0.2, -0.15) is 0 Å². The molecule has 0 radical (unpaired) electrons. The molecule has 12 rings (SSSR count). The van der Waals surface area contributed by atoms with E-state index < -0.39 is 0 Å². The maximum atomic E-state index is 6.15. The second kappa shape index (κ2) is 13.7. The third-order valence-corrected chi connectivity index (χ3v) is 13.0. The first-order valence-electron chi connectivity index (χ1n) is 21.1. The van der Waals surface area contributed by atoms with Crippen molar-refractivity contribution in [3.8, 4) is 44.5 Å². The topological polar surface area (TPSA) is 16.4 Å². The van der Waals surface area contributed by atoms with Crippen molar-refractivity contribution < 1.29 is 4.42 Å². The van der Waals surface area contributed by atoms with E-state index in [4.69, 9.17) is 4.42 Å². The van der Waals surface area contributed by atoms with Crippen molar-refractivity contribution in [2.24, 2.45) is 0 Å². The molecule has 2 nitrogen and oxygen atoms in total. The van der Waals surface area contributed by atoms with Gasteiger partial charge < -0.3 is 9.32 Å². The number of para-hydroxylation sites is 1. The van der Waals surface area contributed by atoms with Crippen LogP contribution in [0.3, 0.4) is 0 Å². The lowest BCUT2D eigenvalue weighted by Crippen LogP contribution is -2.16. The summed E-state index contributed by atoms with van der Waals surface area (Å²) in [6, 6.07) is 77.6. The Morgan fingerprint density at radius 1 is 0.328 bits per heavy atom. The van der Waals surface area contributed by atoms with Crippen LogP contribution in [-0.2, 0) is 5.41 Å². The van der Waals surface area contributed by atoms with Crippen LogP contribution in [0, 0.1) is 0 Å². The molecule has 0 spiro atoms. The van der Waals surface area contributed by atoms with Crippen molar-refractivity contribution in [2.45, 2.75) is 19.3 Å². The number of hydrogen-bond acceptors (Lipinski definition) is 2. The van der Waals surface area contributed by atoms with Crippen molar-refractivity contribution >= 4 is 60.5 Å². The van der Waals surface area contributed by atoms with Crippen molar-refractivity contribution in [3.63, 3.8) is 0 Å². The fourth-order valence-corrected chi connectivity index (χ4v) is 9.74. The summed E-state index contributed by atoms with van der Waals surface area (Å²) in [6.07, 6.45) is 0. The van der Waals surface area contributed by atoms with Crippen molar-refractivity contribution in [1.82, 2.24) is 0 Å². The van der Waals surface area contributed by atoms with E-state index in [0.29, 0.717) is 0 Å². The van der Waals surface area contributed by atoms with Gasteiger partial charge in [0.1, 0.15) is 11.2 Å². The van der Waals surface area contributed by atoms with Crippen LogP contribution < -0.4 is 4.90 Å². The molecule has 61 heavy (non-hydrogen) atoms. The second-order valence-corrected chi connectivity index (χ2v) is 17.0. The molecular formula is C59H41NO. The lowest BCUT2D eigenvalue weighted by atomic mass is 9.81. The number of benzene rings is 10. The summed E-state index contributed by atoms with van der Waals surface area (Å²) >= 11 is 0. The molecular weight excluding hydrogens is 739 g/mol. The molecule has 0 fully saturated rings. The summed E-state index contributed by atoms with van der Waals surface area (Å²) in [6.45, 7) is 4.76. The first-order chi connectivity index (χ1) is 29.9. The molecule has 0 saturated heterocycles. The average molecular weight is 780 g/mol. The normalized spacial score (nSPS) is 12.9. The number of anilines is 3. The number of nitrogens with zero attached hydrogens (tertiary/aromatic N) is 1. The molecule has 0 amide bonds. The number of furan rings is 1. The van der Waals surface area contributed by atoms with Crippen molar-refractivity contribution in [3.05, 3.63) is 223 Å². The molecule has 1 heterocycles. The van der Waals surface area contributed by atoms with Gasteiger partial charge in [0.05, 0.1) is 0 Å². The van der Waals surface area contributed by atoms with Gasteiger partial charge in [-0.3, -0.25) is 0 Å². The van der Waals surface area contributed by atoms with E-state index in [-0.39, 0.29) is 5.41 Å². The average Bonchev–Trinajstić information content (AvgIpc) is 3.80. The van der Waals surface area contributed by atoms with Crippen LogP contribution in [0.4, 0.5) is 17.1 Å². The van der Waals surface area contributed by atoms with E-state index in [0.717, 1.165) is 50.1 Å². The summed E-state index contributed by atoms with van der Waals surface area (Å²) in [4.78, 5) is 2.40. The molecule has 1 aliphatic carbocycles. The Kier molecular flexibility index (Phi) is 7.92. The van der Waals surface area contributed by atoms with E-state index in [9.17, 15) is 0 Å². The minimum atomic E-state index is -0.196. The summed E-state index contributed by atoms with van der Waals surface area (Å²) < 4.78 is 6.15. The molecule has 2 heteroatoms. The first kappa shape index (κ1) is 35.3. The second-order valence-electron chi connectivity index (χ2n) is 17.0. The van der Waals surface area contributed by atoms with Gasteiger partial charge in [-0.15, -0.1) is 0 Å². The van der Waals surface area contributed by atoms with Gasteiger partial charge in [-0.25, -0.2) is 0 Å². The van der Waals surface area contributed by atoms with Crippen LogP contribution >= 0.6 is 0 Å². The van der Waals surface area contributed by atoms with Gasteiger partial charge in [0.15, 0.2) is 0 Å². The largest absolute Gasteiger partial charge is 0.456 e. The molecule has 288 valence electrons. The lowest BCUT2D eigenvalue weighted by Gasteiger charge is -2.28. The maximum absolute atomic E-state index is 6.15. The lowest BCUT2D eigenvalue weighted by molar-refractivity contribution is 0.660. The van der Waals surface area contributed by atoms with Gasteiger partial charge >= 0.3 is 0 Å². The van der Waals surface area contributed by atoms with E-state index >= 15 is 0 Å². The van der Waals surface area contributed by atoms with Crippen LogP contribution in [0.5, 0.6) is 0 Å². The summed E-state index contributed by atoms with van der Waals surface area (Å²) in [5.41, 5.74) is 17.5. The number of fused-ring (bicyclic) bond motifs is 8. The minimum Gasteiger partial charge on any atom is -0.456 e. The molecule has 0 saturated carbocycles. The highest BCUT2D eigenvalue weighted by molar-refractivity contribution is 6.06. The zero-order valence-corrected chi connectivity index (χ0v) is 34.1. The fourth-order valence-electron chi connectivity index (χ4n) is 9.74. The van der Waals surface area contributed by atoms with Crippen molar-refractivity contribution in [2.75, 3.05) is 4.90 Å². The standard InChI is InChI=1S/C59H41NO/c1-59(2)55-36-47(45-18-16-39-10-4-6-12-43(39)34-45)23-30-51(55)52-31-29-50(37-56(52)59)60(48-25-19-40(20-26-48)44-17-15-38-9-3-5-11-42(38)33-44)49-27-21-41(22-28-49)46-24-32-58-54(35-46)53-13-7-8-14-57(53)61-58/h3-37H,1-2H3. The third-order valence-electron chi connectivity index (χ3n) is 13.0. The van der Waals surface area contributed by atoms with Crippen LogP contribution in [-0.4, -0.2) is 0 Å². The van der Waals surface area contributed by atoms with E-state index in [1.54, 1.807) is 0 Å². The van der Waals surface area contributed by atoms with E-state index in [1.165, 1.54) is 66.1 Å². The van der Waals surface area contributed by atoms with Crippen LogP contribution in [0.1, 0.15) is 25.0 Å². The molecule has 0 atom stereocenters. The van der Waals surface area contributed by atoms with Gasteiger partial charge in [-0.1, -0.05) is 153 Å².